The zero-order valence-electron chi connectivity index (χ0n) is 11.0. The molecule has 0 bridgehead atoms. The van der Waals surface area contributed by atoms with Gasteiger partial charge in [0, 0.05) is 0 Å². The van der Waals surface area contributed by atoms with E-state index >= 15 is 0 Å². The molecule has 3 heteroatoms. The molecule has 0 amide bonds. The van der Waals surface area contributed by atoms with E-state index in [-0.39, 0.29) is 11.5 Å². The number of carboxylic acids is 1. The number of nitrogens with zero attached hydrogens (tertiary/aromatic N) is 1. The molecule has 1 saturated heterocycles. The van der Waals surface area contributed by atoms with Crippen molar-refractivity contribution in [3.05, 3.63) is 0 Å². The fraction of sp³-hybridized carbons (Fsp3) is 0.923. The lowest BCUT2D eigenvalue weighted by Crippen LogP contribution is -2.54. The summed E-state index contributed by atoms with van der Waals surface area (Å²) in [6.45, 7) is 10.4. The van der Waals surface area contributed by atoms with Gasteiger partial charge in [0.1, 0.15) is 6.04 Å². The molecule has 1 N–H and O–H groups in total. The first kappa shape index (κ1) is 13.5. The minimum atomic E-state index is -0.659. The SMILES string of the molecule is CC(C)CCN1CCCC(C)(C)C1C(=O)O. The Balaban J connectivity index is 2.69. The fourth-order valence-corrected chi connectivity index (χ4v) is 2.65. The van der Waals surface area contributed by atoms with E-state index in [0.717, 1.165) is 32.4 Å². The Morgan fingerprint density at radius 1 is 1.50 bits per heavy atom. The lowest BCUT2D eigenvalue weighted by Gasteiger charge is -2.44. The number of hydrogen-bond acceptors (Lipinski definition) is 2. The summed E-state index contributed by atoms with van der Waals surface area (Å²) in [6.07, 6.45) is 3.22. The van der Waals surface area contributed by atoms with Crippen LogP contribution in [0.4, 0.5) is 0 Å². The van der Waals surface area contributed by atoms with E-state index in [4.69, 9.17) is 0 Å². The van der Waals surface area contributed by atoms with Gasteiger partial charge in [-0.3, -0.25) is 9.69 Å². The lowest BCUT2D eigenvalue weighted by atomic mass is 9.76. The molecule has 0 spiro atoms. The number of hydrogen-bond donors (Lipinski definition) is 1. The second-order valence-corrected chi connectivity index (χ2v) is 6.05. The summed E-state index contributed by atoms with van der Waals surface area (Å²) in [5.74, 6) is -0.0204. The van der Waals surface area contributed by atoms with Gasteiger partial charge in [-0.05, 0) is 43.7 Å². The molecule has 1 unspecified atom stereocenters. The van der Waals surface area contributed by atoms with Gasteiger partial charge in [-0.15, -0.1) is 0 Å². The summed E-state index contributed by atoms with van der Waals surface area (Å²) in [5, 5.41) is 9.37. The molecule has 1 atom stereocenters. The predicted octanol–water partition coefficient (Wildman–Crippen LogP) is 2.61. The third-order valence-corrected chi connectivity index (χ3v) is 3.60. The quantitative estimate of drug-likeness (QED) is 0.802. The van der Waals surface area contributed by atoms with E-state index in [1.165, 1.54) is 0 Å². The lowest BCUT2D eigenvalue weighted by molar-refractivity contribution is -0.150. The van der Waals surface area contributed by atoms with Crippen LogP contribution in [0.15, 0.2) is 0 Å². The maximum absolute atomic E-state index is 11.4. The van der Waals surface area contributed by atoms with Crippen LogP contribution < -0.4 is 0 Å². The Morgan fingerprint density at radius 3 is 2.62 bits per heavy atom. The Hall–Kier alpha value is -0.570. The molecular formula is C13H25NO2. The third-order valence-electron chi connectivity index (χ3n) is 3.60. The summed E-state index contributed by atoms with van der Waals surface area (Å²) < 4.78 is 0. The zero-order chi connectivity index (χ0) is 12.3. The highest BCUT2D eigenvalue weighted by Gasteiger charge is 2.41. The Labute approximate surface area is 98.8 Å². The molecule has 3 nitrogen and oxygen atoms in total. The molecule has 0 aromatic carbocycles. The van der Waals surface area contributed by atoms with E-state index < -0.39 is 5.97 Å². The average Bonchev–Trinajstić information content (AvgIpc) is 2.12. The molecule has 1 fully saturated rings. The zero-order valence-corrected chi connectivity index (χ0v) is 11.0. The van der Waals surface area contributed by atoms with Crippen LogP contribution in [0.3, 0.4) is 0 Å². The van der Waals surface area contributed by atoms with Crippen LogP contribution >= 0.6 is 0 Å². The summed E-state index contributed by atoms with van der Waals surface area (Å²) in [6, 6.07) is -0.306. The van der Waals surface area contributed by atoms with Crippen molar-refractivity contribution in [3.63, 3.8) is 0 Å². The van der Waals surface area contributed by atoms with E-state index in [2.05, 4.69) is 32.6 Å². The van der Waals surface area contributed by atoms with Crippen molar-refractivity contribution in [2.45, 2.75) is 53.0 Å². The van der Waals surface area contributed by atoms with E-state index in [1.807, 2.05) is 0 Å². The molecule has 16 heavy (non-hydrogen) atoms. The van der Waals surface area contributed by atoms with Crippen molar-refractivity contribution in [1.29, 1.82) is 0 Å². The smallest absolute Gasteiger partial charge is 0.321 e. The maximum atomic E-state index is 11.4. The van der Waals surface area contributed by atoms with Gasteiger partial charge < -0.3 is 5.11 Å². The van der Waals surface area contributed by atoms with Crippen molar-refractivity contribution in [1.82, 2.24) is 4.90 Å². The standard InChI is InChI=1S/C13H25NO2/c1-10(2)6-9-14-8-5-7-13(3,4)11(14)12(15)16/h10-11H,5-9H2,1-4H3,(H,15,16). The largest absolute Gasteiger partial charge is 0.480 e. The number of carbonyl (C=O) groups is 1. The summed E-state index contributed by atoms with van der Waals surface area (Å²) >= 11 is 0. The highest BCUT2D eigenvalue weighted by molar-refractivity contribution is 5.74. The van der Waals surface area contributed by atoms with Crippen LogP contribution in [0.25, 0.3) is 0 Å². The van der Waals surface area contributed by atoms with Gasteiger partial charge in [-0.2, -0.15) is 0 Å². The topological polar surface area (TPSA) is 40.5 Å². The normalized spacial score (nSPS) is 25.9. The fourth-order valence-electron chi connectivity index (χ4n) is 2.65. The van der Waals surface area contributed by atoms with E-state index in [1.54, 1.807) is 0 Å². The van der Waals surface area contributed by atoms with Crippen molar-refractivity contribution >= 4 is 5.97 Å². The van der Waals surface area contributed by atoms with Crippen molar-refractivity contribution in [2.75, 3.05) is 13.1 Å². The van der Waals surface area contributed by atoms with Crippen molar-refractivity contribution in [3.8, 4) is 0 Å². The Morgan fingerprint density at radius 2 is 2.12 bits per heavy atom. The summed E-state index contributed by atoms with van der Waals surface area (Å²) in [4.78, 5) is 13.5. The molecule has 1 aliphatic rings. The van der Waals surface area contributed by atoms with Gasteiger partial charge in [-0.25, -0.2) is 0 Å². The molecule has 0 radical (unpaired) electrons. The molecule has 1 aliphatic heterocycles. The van der Waals surface area contributed by atoms with Crippen LogP contribution in [-0.2, 0) is 4.79 Å². The van der Waals surface area contributed by atoms with Gasteiger partial charge in [-0.1, -0.05) is 27.7 Å². The Bertz CT molecular complexity index is 248. The number of piperidine rings is 1. The Kier molecular flexibility index (Phi) is 4.36. The first-order valence-electron chi connectivity index (χ1n) is 6.31. The van der Waals surface area contributed by atoms with Gasteiger partial charge in [0.2, 0.25) is 0 Å². The number of rotatable bonds is 4. The van der Waals surface area contributed by atoms with Crippen LogP contribution in [0.2, 0.25) is 0 Å². The molecular weight excluding hydrogens is 202 g/mol. The number of aliphatic carboxylic acids is 1. The van der Waals surface area contributed by atoms with Gasteiger partial charge >= 0.3 is 5.97 Å². The monoisotopic (exact) mass is 227 g/mol. The average molecular weight is 227 g/mol. The van der Waals surface area contributed by atoms with Crippen LogP contribution in [0, 0.1) is 11.3 Å². The maximum Gasteiger partial charge on any atom is 0.321 e. The third kappa shape index (κ3) is 3.21. The van der Waals surface area contributed by atoms with Crippen LogP contribution in [-0.4, -0.2) is 35.1 Å². The van der Waals surface area contributed by atoms with E-state index in [9.17, 15) is 9.90 Å². The van der Waals surface area contributed by atoms with Crippen molar-refractivity contribution < 1.29 is 9.90 Å². The number of carboxylic acid groups (broad SMARTS) is 1. The first-order valence-corrected chi connectivity index (χ1v) is 6.31. The van der Waals surface area contributed by atoms with Crippen molar-refractivity contribution in [2.24, 2.45) is 11.3 Å². The van der Waals surface area contributed by atoms with Crippen LogP contribution in [0.5, 0.6) is 0 Å². The highest BCUT2D eigenvalue weighted by Crippen LogP contribution is 2.35. The summed E-state index contributed by atoms with van der Waals surface area (Å²) in [5.41, 5.74) is -0.0962. The predicted molar refractivity (Wildman–Crippen MR) is 65.5 cm³/mol. The second-order valence-electron chi connectivity index (χ2n) is 6.05. The van der Waals surface area contributed by atoms with E-state index in [0.29, 0.717) is 5.92 Å². The highest BCUT2D eigenvalue weighted by atomic mass is 16.4. The molecule has 0 aliphatic carbocycles. The molecule has 94 valence electrons. The summed E-state index contributed by atoms with van der Waals surface area (Å²) in [7, 11) is 0. The first-order chi connectivity index (χ1) is 7.34. The molecule has 0 saturated carbocycles. The van der Waals surface area contributed by atoms with Crippen LogP contribution in [0.1, 0.15) is 47.0 Å². The molecule has 1 heterocycles. The minimum absolute atomic E-state index is 0.0962. The van der Waals surface area contributed by atoms with Gasteiger partial charge in [0.25, 0.3) is 0 Å². The molecule has 1 rings (SSSR count). The molecule has 0 aromatic rings. The number of likely N-dealkylation sites (tertiary alicyclic amines) is 1. The van der Waals surface area contributed by atoms with Gasteiger partial charge in [0.05, 0.1) is 0 Å². The van der Waals surface area contributed by atoms with Gasteiger partial charge in [0.15, 0.2) is 0 Å². The molecule has 0 aromatic heterocycles. The second kappa shape index (κ2) is 5.17. The minimum Gasteiger partial charge on any atom is -0.480 e.